The average molecular weight is 189 g/mol. The first-order chi connectivity index (χ1) is 5.63. The maximum Gasteiger partial charge on any atom is 0.505 e. The lowest BCUT2D eigenvalue weighted by atomic mass is 10.1. The van der Waals surface area contributed by atoms with Gasteiger partial charge < -0.3 is 0 Å². The predicted molar refractivity (Wildman–Crippen MR) is 52.6 cm³/mol. The van der Waals surface area contributed by atoms with E-state index in [9.17, 15) is 4.57 Å². The van der Waals surface area contributed by atoms with Crippen molar-refractivity contribution in [2.24, 2.45) is 0 Å². The minimum absolute atomic E-state index is 0.462. The van der Waals surface area contributed by atoms with Crippen LogP contribution in [0.1, 0.15) is 39.5 Å². The number of hydrogen-bond acceptors (Lipinski definition) is 1. The molecule has 0 saturated carbocycles. The normalized spacial score (nSPS) is 11.1. The molecule has 70 valence electrons. The SMILES string of the molecule is CC(C)=CCCCCC[P+](=O)O. The lowest BCUT2D eigenvalue weighted by molar-refractivity contribution is 0.499. The van der Waals surface area contributed by atoms with E-state index in [1.165, 1.54) is 5.57 Å². The first kappa shape index (κ1) is 11.8. The second kappa shape index (κ2) is 7.45. The summed E-state index contributed by atoms with van der Waals surface area (Å²) in [6.07, 6.45) is 6.84. The molecule has 0 saturated heterocycles. The molecule has 0 aromatic rings. The summed E-state index contributed by atoms with van der Waals surface area (Å²) in [7, 11) is -1.90. The van der Waals surface area contributed by atoms with Crippen LogP contribution >= 0.6 is 8.03 Å². The van der Waals surface area contributed by atoms with Gasteiger partial charge in [-0.2, -0.15) is 4.89 Å². The predicted octanol–water partition coefficient (Wildman–Crippen LogP) is 3.25. The Bertz CT molecular complexity index is 160. The average Bonchev–Trinajstić information content (AvgIpc) is 1.95. The van der Waals surface area contributed by atoms with Crippen LogP contribution in [-0.4, -0.2) is 11.1 Å². The van der Waals surface area contributed by atoms with E-state index in [2.05, 4.69) is 19.9 Å². The van der Waals surface area contributed by atoms with E-state index in [4.69, 9.17) is 4.89 Å². The van der Waals surface area contributed by atoms with Crippen molar-refractivity contribution in [1.29, 1.82) is 0 Å². The molecule has 0 aromatic carbocycles. The van der Waals surface area contributed by atoms with E-state index in [-0.39, 0.29) is 0 Å². The number of allylic oxidation sites excluding steroid dienone is 2. The van der Waals surface area contributed by atoms with Crippen LogP contribution in [0.25, 0.3) is 0 Å². The highest BCUT2D eigenvalue weighted by Gasteiger charge is 2.07. The quantitative estimate of drug-likeness (QED) is 0.395. The third-order valence-electron chi connectivity index (χ3n) is 1.61. The number of unbranched alkanes of at least 4 members (excludes halogenated alkanes) is 3. The van der Waals surface area contributed by atoms with Crippen LogP contribution in [0.2, 0.25) is 0 Å². The zero-order valence-corrected chi connectivity index (χ0v) is 8.81. The van der Waals surface area contributed by atoms with Crippen molar-refractivity contribution in [3.05, 3.63) is 11.6 Å². The van der Waals surface area contributed by atoms with Crippen LogP contribution in [0, 0.1) is 0 Å². The second-order valence-electron chi connectivity index (χ2n) is 3.21. The third kappa shape index (κ3) is 9.80. The zero-order chi connectivity index (χ0) is 9.40. The van der Waals surface area contributed by atoms with Gasteiger partial charge in [0, 0.05) is 0 Å². The van der Waals surface area contributed by atoms with Crippen LogP contribution in [0.3, 0.4) is 0 Å². The van der Waals surface area contributed by atoms with Crippen LogP contribution in [0.15, 0.2) is 11.6 Å². The molecule has 0 radical (unpaired) electrons. The zero-order valence-electron chi connectivity index (χ0n) is 7.92. The first-order valence-corrected chi connectivity index (χ1v) is 5.79. The molecule has 1 atom stereocenters. The Kier molecular flexibility index (Phi) is 7.33. The molecule has 0 fully saturated rings. The fraction of sp³-hybridized carbons (Fsp3) is 0.778. The fourth-order valence-corrected chi connectivity index (χ4v) is 1.45. The summed E-state index contributed by atoms with van der Waals surface area (Å²) in [5.41, 5.74) is 1.35. The monoisotopic (exact) mass is 189 g/mol. The highest BCUT2D eigenvalue weighted by molar-refractivity contribution is 7.37. The van der Waals surface area contributed by atoms with Crippen LogP contribution in [-0.2, 0) is 4.57 Å². The molecule has 0 aliphatic heterocycles. The van der Waals surface area contributed by atoms with E-state index in [0.29, 0.717) is 6.16 Å². The van der Waals surface area contributed by atoms with Crippen molar-refractivity contribution >= 4 is 8.03 Å². The maximum absolute atomic E-state index is 10.3. The van der Waals surface area contributed by atoms with Crippen molar-refractivity contribution in [3.63, 3.8) is 0 Å². The molecule has 0 spiro atoms. The highest BCUT2D eigenvalue weighted by atomic mass is 31.1. The lowest BCUT2D eigenvalue weighted by Crippen LogP contribution is -1.80. The van der Waals surface area contributed by atoms with E-state index in [1.807, 2.05) is 0 Å². The molecule has 0 bridgehead atoms. The summed E-state index contributed by atoms with van der Waals surface area (Å²) in [6, 6.07) is 0. The largest absolute Gasteiger partial charge is 0.505 e. The van der Waals surface area contributed by atoms with Gasteiger partial charge in [0.15, 0.2) is 6.16 Å². The van der Waals surface area contributed by atoms with Gasteiger partial charge in [0.25, 0.3) is 0 Å². The third-order valence-corrected chi connectivity index (χ3v) is 2.30. The second-order valence-corrected chi connectivity index (χ2v) is 4.36. The van der Waals surface area contributed by atoms with Gasteiger partial charge in [-0.1, -0.05) is 11.6 Å². The summed E-state index contributed by atoms with van der Waals surface area (Å²) in [4.78, 5) is 8.49. The summed E-state index contributed by atoms with van der Waals surface area (Å²) in [5.74, 6) is 0. The summed E-state index contributed by atoms with van der Waals surface area (Å²) in [6.45, 7) is 4.18. The molecular weight excluding hydrogens is 171 g/mol. The Morgan fingerprint density at radius 2 is 2.00 bits per heavy atom. The topological polar surface area (TPSA) is 37.3 Å². The minimum atomic E-state index is -1.90. The van der Waals surface area contributed by atoms with Crippen LogP contribution in [0.4, 0.5) is 0 Å². The Hall–Kier alpha value is -0.200. The van der Waals surface area contributed by atoms with E-state index >= 15 is 0 Å². The van der Waals surface area contributed by atoms with Gasteiger partial charge in [0.1, 0.15) is 0 Å². The molecule has 0 aliphatic carbocycles. The summed E-state index contributed by atoms with van der Waals surface area (Å²) >= 11 is 0. The van der Waals surface area contributed by atoms with Crippen molar-refractivity contribution in [2.75, 3.05) is 6.16 Å². The first-order valence-electron chi connectivity index (χ1n) is 4.40. The van der Waals surface area contributed by atoms with Gasteiger partial charge in [-0.15, -0.1) is 0 Å². The lowest BCUT2D eigenvalue weighted by Gasteiger charge is -1.93. The van der Waals surface area contributed by atoms with E-state index in [0.717, 1.165) is 25.7 Å². The fourth-order valence-electron chi connectivity index (χ4n) is 0.959. The molecule has 0 rings (SSSR count). The summed E-state index contributed by atoms with van der Waals surface area (Å²) < 4.78 is 10.3. The van der Waals surface area contributed by atoms with Crippen molar-refractivity contribution in [2.45, 2.75) is 39.5 Å². The Morgan fingerprint density at radius 3 is 2.50 bits per heavy atom. The standard InChI is InChI=1S/C9H17O2P/c1-9(2)7-5-3-4-6-8-12(10)11/h7H,3-6,8H2,1-2H3/p+1. The molecule has 0 heterocycles. The molecular formula is C9H18O2P+. The minimum Gasteiger partial charge on any atom is -0.161 e. The highest BCUT2D eigenvalue weighted by Crippen LogP contribution is 2.16. The molecule has 0 aromatic heterocycles. The van der Waals surface area contributed by atoms with Crippen molar-refractivity contribution in [3.8, 4) is 0 Å². The van der Waals surface area contributed by atoms with Gasteiger partial charge in [-0.3, -0.25) is 0 Å². The number of hydrogen-bond donors (Lipinski definition) is 1. The van der Waals surface area contributed by atoms with E-state index < -0.39 is 8.03 Å². The molecule has 2 nitrogen and oxygen atoms in total. The Balaban J connectivity index is 3.11. The summed E-state index contributed by atoms with van der Waals surface area (Å²) in [5, 5.41) is 0. The number of rotatable bonds is 6. The van der Waals surface area contributed by atoms with Crippen LogP contribution < -0.4 is 0 Å². The van der Waals surface area contributed by atoms with Gasteiger partial charge in [-0.25, -0.2) is 0 Å². The molecule has 3 heteroatoms. The van der Waals surface area contributed by atoms with Crippen molar-refractivity contribution < 1.29 is 9.46 Å². The molecule has 0 amide bonds. The van der Waals surface area contributed by atoms with Gasteiger partial charge in [0.05, 0.1) is 0 Å². The molecule has 0 aliphatic rings. The smallest absolute Gasteiger partial charge is 0.161 e. The van der Waals surface area contributed by atoms with Gasteiger partial charge >= 0.3 is 8.03 Å². The Labute approximate surface area is 75.6 Å². The van der Waals surface area contributed by atoms with Gasteiger partial charge in [-0.05, 0) is 44.1 Å². The van der Waals surface area contributed by atoms with Crippen LogP contribution in [0.5, 0.6) is 0 Å². The molecule has 1 unspecified atom stereocenters. The van der Waals surface area contributed by atoms with Gasteiger partial charge in [0.2, 0.25) is 0 Å². The van der Waals surface area contributed by atoms with Crippen molar-refractivity contribution in [1.82, 2.24) is 0 Å². The Morgan fingerprint density at radius 1 is 1.33 bits per heavy atom. The molecule has 1 N–H and O–H groups in total. The van der Waals surface area contributed by atoms with E-state index in [1.54, 1.807) is 0 Å². The maximum atomic E-state index is 10.3. The molecule has 12 heavy (non-hydrogen) atoms.